The van der Waals surface area contributed by atoms with Crippen molar-refractivity contribution in [1.29, 1.82) is 0 Å². The zero-order valence-electron chi connectivity index (χ0n) is 12.4. The molecule has 0 radical (unpaired) electrons. The number of nitrogens with zero attached hydrogens (tertiary/aromatic N) is 3. The Hall–Kier alpha value is -1.70. The van der Waals surface area contributed by atoms with Gasteiger partial charge in [-0.05, 0) is 25.7 Å². The van der Waals surface area contributed by atoms with E-state index in [4.69, 9.17) is 0 Å². The van der Waals surface area contributed by atoms with Crippen molar-refractivity contribution in [1.82, 2.24) is 15.3 Å². The Labute approximate surface area is 130 Å². The zero-order valence-corrected chi connectivity index (χ0v) is 13.2. The summed E-state index contributed by atoms with van der Waals surface area (Å²) >= 11 is 0. The summed E-state index contributed by atoms with van der Waals surface area (Å²) < 4.78 is 22.8. The zero-order chi connectivity index (χ0) is 15.6. The lowest BCUT2D eigenvalue weighted by Crippen LogP contribution is -2.36. The first-order chi connectivity index (χ1) is 10.5. The fourth-order valence-electron chi connectivity index (χ4n) is 2.87. The minimum absolute atomic E-state index is 0.0193. The highest BCUT2D eigenvalue weighted by Crippen LogP contribution is 2.15. The summed E-state index contributed by atoms with van der Waals surface area (Å²) in [5.41, 5.74) is 0.366. The van der Waals surface area contributed by atoms with Gasteiger partial charge in [0.15, 0.2) is 9.84 Å². The molecule has 3 rings (SSSR count). The monoisotopic (exact) mass is 324 g/mol. The molecule has 2 fully saturated rings. The van der Waals surface area contributed by atoms with Crippen LogP contribution in [0.4, 0.5) is 5.95 Å². The maximum absolute atomic E-state index is 12.1. The summed E-state index contributed by atoms with van der Waals surface area (Å²) in [5.74, 6) is 0.500. The van der Waals surface area contributed by atoms with Crippen LogP contribution >= 0.6 is 0 Å². The standard InChI is InChI=1S/C14H20N4O3S/c19-13(17-12-4-7-22(20,21)10-12)11-8-15-14(16-9-11)18-5-2-1-3-6-18/h8-9,12H,1-7,10H2,(H,17,19). The highest BCUT2D eigenvalue weighted by Gasteiger charge is 2.29. The van der Waals surface area contributed by atoms with Gasteiger partial charge in [-0.15, -0.1) is 0 Å². The third-order valence-corrected chi connectivity index (χ3v) is 5.87. The van der Waals surface area contributed by atoms with Crippen LogP contribution in [0, 0.1) is 0 Å². The van der Waals surface area contributed by atoms with E-state index >= 15 is 0 Å². The minimum atomic E-state index is -3.00. The van der Waals surface area contributed by atoms with Crippen LogP contribution in [-0.2, 0) is 9.84 Å². The molecule has 1 unspecified atom stereocenters. The molecule has 3 heterocycles. The number of nitrogens with one attached hydrogen (secondary N) is 1. The molecule has 0 aliphatic carbocycles. The molecule has 22 heavy (non-hydrogen) atoms. The van der Waals surface area contributed by atoms with Crippen molar-refractivity contribution in [3.8, 4) is 0 Å². The van der Waals surface area contributed by atoms with Gasteiger partial charge in [0.1, 0.15) is 0 Å². The van der Waals surface area contributed by atoms with Crippen LogP contribution in [0.25, 0.3) is 0 Å². The van der Waals surface area contributed by atoms with Crippen molar-refractivity contribution in [2.75, 3.05) is 29.5 Å². The molecule has 2 saturated heterocycles. The van der Waals surface area contributed by atoms with E-state index in [-0.39, 0.29) is 23.5 Å². The molecule has 1 aromatic heterocycles. The summed E-state index contributed by atoms with van der Waals surface area (Å²) in [4.78, 5) is 22.7. The van der Waals surface area contributed by atoms with Crippen molar-refractivity contribution in [2.45, 2.75) is 31.7 Å². The summed E-state index contributed by atoms with van der Waals surface area (Å²) in [6.45, 7) is 1.90. The summed E-state index contributed by atoms with van der Waals surface area (Å²) in [6.07, 6.45) is 7.01. The largest absolute Gasteiger partial charge is 0.348 e. The molecular weight excluding hydrogens is 304 g/mol. The maximum atomic E-state index is 12.1. The molecule has 0 aromatic carbocycles. The van der Waals surface area contributed by atoms with Crippen LogP contribution in [0.3, 0.4) is 0 Å². The Morgan fingerprint density at radius 3 is 2.45 bits per heavy atom. The number of hydrogen-bond acceptors (Lipinski definition) is 6. The van der Waals surface area contributed by atoms with Crippen LogP contribution in [0.5, 0.6) is 0 Å². The molecule has 1 amide bonds. The van der Waals surface area contributed by atoms with Crippen LogP contribution in [0.1, 0.15) is 36.0 Å². The number of amides is 1. The molecule has 2 aliphatic rings. The Morgan fingerprint density at radius 1 is 1.18 bits per heavy atom. The third kappa shape index (κ3) is 3.55. The molecule has 1 N–H and O–H groups in total. The van der Waals surface area contributed by atoms with Gasteiger partial charge in [-0.2, -0.15) is 0 Å². The molecular formula is C14H20N4O3S. The van der Waals surface area contributed by atoms with Gasteiger partial charge in [0.25, 0.3) is 5.91 Å². The third-order valence-electron chi connectivity index (χ3n) is 4.11. The first kappa shape index (κ1) is 15.2. The number of sulfone groups is 1. The van der Waals surface area contributed by atoms with Crippen molar-refractivity contribution in [3.63, 3.8) is 0 Å². The highest BCUT2D eigenvalue weighted by atomic mass is 32.2. The molecule has 7 nitrogen and oxygen atoms in total. The van der Waals surface area contributed by atoms with Crippen LogP contribution in [-0.4, -0.2) is 54.9 Å². The number of carbonyl (C=O) groups excluding carboxylic acids is 1. The summed E-state index contributed by atoms with van der Waals surface area (Å²) in [6, 6.07) is -0.306. The topological polar surface area (TPSA) is 92.3 Å². The number of rotatable bonds is 3. The van der Waals surface area contributed by atoms with Crippen molar-refractivity contribution in [2.24, 2.45) is 0 Å². The summed E-state index contributed by atoms with van der Waals surface area (Å²) in [5, 5.41) is 2.74. The smallest absolute Gasteiger partial charge is 0.254 e. The van der Waals surface area contributed by atoms with Gasteiger partial charge in [0.2, 0.25) is 5.95 Å². The lowest BCUT2D eigenvalue weighted by Gasteiger charge is -2.26. The highest BCUT2D eigenvalue weighted by molar-refractivity contribution is 7.91. The molecule has 2 aliphatic heterocycles. The van der Waals surface area contributed by atoms with Gasteiger partial charge in [-0.1, -0.05) is 0 Å². The van der Waals surface area contributed by atoms with Crippen LogP contribution in [0.15, 0.2) is 12.4 Å². The second kappa shape index (κ2) is 6.20. The van der Waals surface area contributed by atoms with E-state index in [2.05, 4.69) is 20.2 Å². The normalized spacial score (nSPS) is 24.2. The van der Waals surface area contributed by atoms with E-state index in [0.29, 0.717) is 17.9 Å². The van der Waals surface area contributed by atoms with E-state index in [9.17, 15) is 13.2 Å². The van der Waals surface area contributed by atoms with E-state index in [1.165, 1.54) is 18.8 Å². The molecule has 8 heteroatoms. The van der Waals surface area contributed by atoms with E-state index in [1.54, 1.807) is 0 Å². The second-order valence-corrected chi connectivity index (χ2v) is 8.12. The Balaban J connectivity index is 1.61. The Bertz CT molecular complexity index is 639. The quantitative estimate of drug-likeness (QED) is 0.864. The Kier molecular flexibility index (Phi) is 4.28. The van der Waals surface area contributed by atoms with Crippen molar-refractivity contribution in [3.05, 3.63) is 18.0 Å². The number of piperidine rings is 1. The van der Waals surface area contributed by atoms with Crippen molar-refractivity contribution < 1.29 is 13.2 Å². The number of hydrogen-bond donors (Lipinski definition) is 1. The maximum Gasteiger partial charge on any atom is 0.254 e. The molecule has 1 atom stereocenters. The molecule has 0 spiro atoms. The fraction of sp³-hybridized carbons (Fsp3) is 0.643. The predicted octanol–water partition coefficient (Wildman–Crippen LogP) is 0.384. The second-order valence-electron chi connectivity index (χ2n) is 5.89. The van der Waals surface area contributed by atoms with E-state index in [1.807, 2.05) is 0 Å². The predicted molar refractivity (Wildman–Crippen MR) is 82.6 cm³/mol. The van der Waals surface area contributed by atoms with E-state index < -0.39 is 9.84 Å². The first-order valence-corrected chi connectivity index (χ1v) is 9.44. The number of aromatic nitrogens is 2. The van der Waals surface area contributed by atoms with Gasteiger partial charge in [-0.25, -0.2) is 18.4 Å². The van der Waals surface area contributed by atoms with Gasteiger partial charge in [-0.3, -0.25) is 4.79 Å². The Morgan fingerprint density at radius 2 is 1.86 bits per heavy atom. The molecule has 0 saturated carbocycles. The lowest BCUT2D eigenvalue weighted by molar-refractivity contribution is 0.0940. The van der Waals surface area contributed by atoms with Gasteiger partial charge >= 0.3 is 0 Å². The molecule has 0 bridgehead atoms. The van der Waals surface area contributed by atoms with Crippen LogP contribution < -0.4 is 10.2 Å². The van der Waals surface area contributed by atoms with Crippen molar-refractivity contribution >= 4 is 21.7 Å². The first-order valence-electron chi connectivity index (χ1n) is 7.62. The SMILES string of the molecule is O=C(NC1CCS(=O)(=O)C1)c1cnc(N2CCCCC2)nc1. The lowest BCUT2D eigenvalue weighted by atomic mass is 10.1. The number of carbonyl (C=O) groups is 1. The average Bonchev–Trinajstić information content (AvgIpc) is 2.87. The van der Waals surface area contributed by atoms with Gasteiger partial charge in [0, 0.05) is 31.5 Å². The average molecular weight is 324 g/mol. The van der Waals surface area contributed by atoms with Gasteiger partial charge < -0.3 is 10.2 Å². The van der Waals surface area contributed by atoms with Crippen LogP contribution in [0.2, 0.25) is 0 Å². The molecule has 120 valence electrons. The molecule has 1 aromatic rings. The fourth-order valence-corrected chi connectivity index (χ4v) is 4.55. The minimum Gasteiger partial charge on any atom is -0.348 e. The number of anilines is 1. The summed E-state index contributed by atoms with van der Waals surface area (Å²) in [7, 11) is -3.00. The van der Waals surface area contributed by atoms with E-state index in [0.717, 1.165) is 25.9 Å². The van der Waals surface area contributed by atoms with Gasteiger partial charge in [0.05, 0.1) is 17.1 Å².